The van der Waals surface area contributed by atoms with E-state index in [-0.39, 0.29) is 36.2 Å². The van der Waals surface area contributed by atoms with Gasteiger partial charge in [0.1, 0.15) is 19.0 Å². The number of rotatable bonds is 21. The number of nitro benzene ring substituents is 1. The number of ether oxygens (including phenoxy) is 4. The van der Waals surface area contributed by atoms with E-state index in [9.17, 15) is 34.1 Å². The van der Waals surface area contributed by atoms with Crippen molar-refractivity contribution in [3.8, 4) is 5.75 Å². The van der Waals surface area contributed by atoms with Gasteiger partial charge in [-0.2, -0.15) is 0 Å². The average Bonchev–Trinajstić information content (AvgIpc) is 3.31. The summed E-state index contributed by atoms with van der Waals surface area (Å²) in [6, 6.07) is 35.7. The average molecular weight is 982 g/mol. The molecule has 4 aromatic rings. The summed E-state index contributed by atoms with van der Waals surface area (Å²) in [5.74, 6) is -6.24. The molecule has 0 aromatic heterocycles. The SMILES string of the molecule is CC/C(=C(\c1ccccc1)c1ccc(OCCN(C)C)cc1)c1ccccc1.COCCOC(=O)C1=C(C)NC(C)=C(C(=O)OC(C)C)C1c1cccc([N+](=O)[O-])c1.O=C(O)CC(O)(CC(=O)O)C(=O)O. The minimum absolute atomic E-state index is 0.0300. The number of hydrogen-bond acceptors (Lipinski definition) is 14. The van der Waals surface area contributed by atoms with E-state index in [0.717, 1.165) is 18.7 Å². The summed E-state index contributed by atoms with van der Waals surface area (Å²) in [5.41, 5.74) is 5.28. The van der Waals surface area contributed by atoms with Gasteiger partial charge in [0.05, 0.1) is 47.5 Å². The zero-order chi connectivity index (χ0) is 52.8. The van der Waals surface area contributed by atoms with Crippen LogP contribution in [0.1, 0.15) is 82.1 Å². The fourth-order valence-electron chi connectivity index (χ4n) is 7.32. The van der Waals surface area contributed by atoms with Gasteiger partial charge in [0.15, 0.2) is 5.60 Å². The number of nitrogens with zero attached hydrogens (tertiary/aromatic N) is 2. The highest BCUT2D eigenvalue weighted by molar-refractivity contribution is 6.00. The molecule has 1 atom stereocenters. The number of carboxylic acid groups (broad SMARTS) is 3. The van der Waals surface area contributed by atoms with Crippen LogP contribution in [0.15, 0.2) is 132 Å². The summed E-state index contributed by atoms with van der Waals surface area (Å²) < 4.78 is 21.5. The van der Waals surface area contributed by atoms with Crippen LogP contribution >= 0.6 is 0 Å². The second kappa shape index (κ2) is 28.1. The number of nitro groups is 1. The van der Waals surface area contributed by atoms with Crippen LogP contribution in [-0.4, -0.2) is 119 Å². The molecule has 380 valence electrons. The Hall–Kier alpha value is -7.67. The molecule has 18 nitrogen and oxygen atoms in total. The molecule has 1 unspecified atom stereocenters. The van der Waals surface area contributed by atoms with Gasteiger partial charge >= 0.3 is 29.8 Å². The molecule has 0 radical (unpaired) electrons. The molecule has 5 rings (SSSR count). The standard InChI is InChI=1S/C26H29NO.C21H26N2O7.C6H8O7/c1-4-25(21-11-7-5-8-12-21)26(22-13-9-6-10-14-22)23-15-17-24(18-16-23)28-20-19-27(2)3;1-12(2)30-21(25)18-14(4)22-13(3)17(20(24)29-10-9-28-5)19(18)15-7-6-8-16(11-15)23(26)27;7-3(8)1-6(13,5(11)12)2-4(9)10/h5-18H,4,19-20H2,1-3H3;6-8,11-12,19,22H,9-10H2,1-5H3;13H,1-2H2,(H,7,8)(H,9,10)(H,11,12)/b26-25-;;. The molecule has 5 N–H and O–H groups in total. The van der Waals surface area contributed by atoms with Gasteiger partial charge in [-0.1, -0.05) is 91.9 Å². The maximum atomic E-state index is 12.9. The van der Waals surface area contributed by atoms with Gasteiger partial charge in [-0.05, 0) is 93.7 Å². The highest BCUT2D eigenvalue weighted by atomic mass is 16.6. The largest absolute Gasteiger partial charge is 0.492 e. The maximum Gasteiger partial charge on any atom is 0.337 e. The number of esters is 2. The lowest BCUT2D eigenvalue weighted by Crippen LogP contribution is -2.42. The van der Waals surface area contributed by atoms with Crippen LogP contribution in [0, 0.1) is 10.1 Å². The summed E-state index contributed by atoms with van der Waals surface area (Å²) in [5, 5.41) is 48.1. The zero-order valence-electron chi connectivity index (χ0n) is 41.2. The number of hydrogen-bond donors (Lipinski definition) is 5. The molecule has 4 aromatic carbocycles. The number of benzene rings is 4. The summed E-state index contributed by atoms with van der Waals surface area (Å²) in [7, 11) is 5.59. The van der Waals surface area contributed by atoms with E-state index in [2.05, 4.69) is 116 Å². The Morgan fingerprint density at radius 1 is 0.746 bits per heavy atom. The molecule has 0 bridgehead atoms. The molecule has 0 saturated carbocycles. The quantitative estimate of drug-likeness (QED) is 0.0176. The van der Waals surface area contributed by atoms with Crippen molar-refractivity contribution in [1.82, 2.24) is 10.2 Å². The molecule has 0 aliphatic carbocycles. The van der Waals surface area contributed by atoms with Crippen molar-refractivity contribution in [1.29, 1.82) is 0 Å². The van der Waals surface area contributed by atoms with Crippen molar-refractivity contribution in [2.45, 2.75) is 71.5 Å². The van der Waals surface area contributed by atoms with Crippen molar-refractivity contribution >= 4 is 46.7 Å². The molecule has 1 aliphatic rings. The third-order valence-corrected chi connectivity index (χ3v) is 10.6. The third-order valence-electron chi connectivity index (χ3n) is 10.6. The second-order valence-electron chi connectivity index (χ2n) is 16.7. The Morgan fingerprint density at radius 3 is 1.76 bits per heavy atom. The van der Waals surface area contributed by atoms with Crippen molar-refractivity contribution in [3.05, 3.63) is 164 Å². The van der Waals surface area contributed by atoms with Gasteiger partial charge in [-0.15, -0.1) is 0 Å². The molecule has 1 aliphatic heterocycles. The summed E-state index contributed by atoms with van der Waals surface area (Å²) in [4.78, 5) is 69.2. The molecule has 71 heavy (non-hydrogen) atoms. The van der Waals surface area contributed by atoms with Gasteiger partial charge in [-0.25, -0.2) is 14.4 Å². The van der Waals surface area contributed by atoms with Gasteiger partial charge < -0.3 is 49.6 Å². The first-order valence-electron chi connectivity index (χ1n) is 22.5. The van der Waals surface area contributed by atoms with Gasteiger partial charge in [0, 0.05) is 37.2 Å². The fourth-order valence-corrected chi connectivity index (χ4v) is 7.32. The molecule has 1 heterocycles. The molecule has 0 spiro atoms. The number of dihydropyridines is 1. The Labute approximate surface area is 413 Å². The van der Waals surface area contributed by atoms with E-state index in [1.54, 1.807) is 33.8 Å². The zero-order valence-corrected chi connectivity index (χ0v) is 41.2. The predicted octanol–water partition coefficient (Wildman–Crippen LogP) is 7.72. The first-order chi connectivity index (χ1) is 33.6. The molecule has 0 amide bonds. The Bertz CT molecular complexity index is 2540. The van der Waals surface area contributed by atoms with Gasteiger partial charge in [0.2, 0.25) is 0 Å². The number of methoxy groups -OCH3 is 1. The second-order valence-corrected chi connectivity index (χ2v) is 16.7. The van der Waals surface area contributed by atoms with E-state index in [4.69, 9.17) is 39.4 Å². The minimum atomic E-state index is -2.74. The van der Waals surface area contributed by atoms with Crippen LogP contribution in [-0.2, 0) is 38.2 Å². The minimum Gasteiger partial charge on any atom is -0.492 e. The van der Waals surface area contributed by atoms with E-state index in [0.29, 0.717) is 23.6 Å². The molecular formula is C53H63N3O15. The molecular weight excluding hydrogens is 919 g/mol. The molecule has 0 saturated heterocycles. The van der Waals surface area contributed by atoms with Crippen LogP contribution in [0.4, 0.5) is 5.69 Å². The number of aliphatic hydroxyl groups is 1. The number of allylic oxidation sites excluding steroid dienone is 3. The summed E-state index contributed by atoms with van der Waals surface area (Å²) >= 11 is 0. The lowest BCUT2D eigenvalue weighted by molar-refractivity contribution is -0.384. The van der Waals surface area contributed by atoms with Gasteiger partial charge in [0.25, 0.3) is 5.69 Å². The number of carbonyl (C=O) groups excluding carboxylic acids is 2. The lowest BCUT2D eigenvalue weighted by Gasteiger charge is -2.30. The number of carbonyl (C=O) groups is 5. The molecule has 18 heteroatoms. The van der Waals surface area contributed by atoms with Crippen LogP contribution in [0.25, 0.3) is 11.1 Å². The van der Waals surface area contributed by atoms with E-state index in [1.807, 2.05) is 0 Å². The summed E-state index contributed by atoms with van der Waals surface area (Å²) in [6.07, 6.45) is -1.70. The first kappa shape index (κ1) is 57.6. The van der Waals surface area contributed by atoms with Crippen LogP contribution < -0.4 is 10.1 Å². The lowest BCUT2D eigenvalue weighted by atomic mass is 9.80. The van der Waals surface area contributed by atoms with E-state index >= 15 is 0 Å². The highest BCUT2D eigenvalue weighted by Gasteiger charge is 2.41. The molecule has 0 fully saturated rings. The van der Waals surface area contributed by atoms with Gasteiger partial charge in [-0.3, -0.25) is 19.7 Å². The first-order valence-corrected chi connectivity index (χ1v) is 22.5. The van der Waals surface area contributed by atoms with E-state index in [1.165, 1.54) is 53.1 Å². The van der Waals surface area contributed by atoms with Crippen molar-refractivity contribution in [2.75, 3.05) is 47.6 Å². The van der Waals surface area contributed by atoms with Crippen LogP contribution in [0.2, 0.25) is 0 Å². The Morgan fingerprint density at radius 2 is 1.28 bits per heavy atom. The highest BCUT2D eigenvalue weighted by Crippen LogP contribution is 2.40. The monoisotopic (exact) mass is 981 g/mol. The topological polar surface area (TPSA) is 262 Å². The normalized spacial score (nSPS) is 13.6. The number of aliphatic carboxylic acids is 3. The summed E-state index contributed by atoms with van der Waals surface area (Å²) in [6.45, 7) is 10.9. The fraction of sp³-hybridized carbons (Fsp3) is 0.340. The Kier molecular flexibility index (Phi) is 22.8. The van der Waals surface area contributed by atoms with Crippen LogP contribution in [0.5, 0.6) is 5.75 Å². The van der Waals surface area contributed by atoms with Crippen LogP contribution in [0.3, 0.4) is 0 Å². The number of nitrogens with one attached hydrogen (secondary N) is 1. The van der Waals surface area contributed by atoms with Crippen molar-refractivity contribution in [2.24, 2.45) is 0 Å². The van der Waals surface area contributed by atoms with Crippen molar-refractivity contribution in [3.63, 3.8) is 0 Å². The maximum absolute atomic E-state index is 12.9. The number of carboxylic acids is 3. The smallest absolute Gasteiger partial charge is 0.337 e. The van der Waals surface area contributed by atoms with Crippen molar-refractivity contribution < 1.29 is 68.3 Å². The van der Waals surface area contributed by atoms with E-state index < -0.39 is 59.1 Å². The number of non-ortho nitro benzene ring substituents is 1. The predicted molar refractivity (Wildman–Crippen MR) is 265 cm³/mol. The third kappa shape index (κ3) is 17.7. The Balaban J connectivity index is 0.000000303. The number of likely N-dealkylation sites (N-methyl/N-ethyl adjacent to an activating group) is 1.